The molecule has 338 valence electrons. The van der Waals surface area contributed by atoms with Gasteiger partial charge in [0.05, 0.1) is 72.1 Å². The fourth-order valence-corrected chi connectivity index (χ4v) is 9.79. The first-order valence-corrected chi connectivity index (χ1v) is 24.0. The smallest absolute Gasteiger partial charge is 0.294 e. The maximum absolute atomic E-state index is 12.3. The molecular weight excluding hydrogens is 807 g/mol. The van der Waals surface area contributed by atoms with Crippen LogP contribution in [0.1, 0.15) is 82.9 Å². The zero-order chi connectivity index (χ0) is 46.0. The number of benzene rings is 3. The van der Waals surface area contributed by atoms with Crippen molar-refractivity contribution in [2.24, 2.45) is 0 Å². The third-order valence-electron chi connectivity index (χ3n) is 12.8. The number of nitrogens with zero attached hydrogens (tertiary/aromatic N) is 4. The van der Waals surface area contributed by atoms with Gasteiger partial charge in [-0.05, 0) is 104 Å². The molecule has 1 amide bonds. The molecule has 0 atom stereocenters. The van der Waals surface area contributed by atoms with Crippen molar-refractivity contribution in [2.45, 2.75) is 88.4 Å². The van der Waals surface area contributed by atoms with E-state index in [0.717, 1.165) is 112 Å². The SMILES string of the molecule is CNC(=O)CCc1ccc(OC2=C(/C=C/C3=[N+](CCC[N+](C)(C)C)c4ccccc4C3(C)C)CCC/C2=C\C=C2\N(CCC[N+](C)(C)C)c3ccc(S(=O)(=O)O)cc3C2(C)C)cc1. The first-order chi connectivity index (χ1) is 29.5. The predicted octanol–water partition coefficient (Wildman–Crippen LogP) is 8.86. The molecule has 0 aromatic heterocycles. The van der Waals surface area contributed by atoms with E-state index in [1.54, 1.807) is 13.1 Å². The first kappa shape index (κ1) is 47.7. The molecule has 0 spiro atoms. The van der Waals surface area contributed by atoms with Crippen LogP contribution in [0.2, 0.25) is 0 Å². The maximum atomic E-state index is 12.3. The molecule has 1 aliphatic carbocycles. The summed E-state index contributed by atoms with van der Waals surface area (Å²) in [5, 5.41) is 2.71. The van der Waals surface area contributed by atoms with Gasteiger partial charge in [0.1, 0.15) is 11.5 Å². The van der Waals surface area contributed by atoms with Gasteiger partial charge in [-0.1, -0.05) is 50.3 Å². The highest BCUT2D eigenvalue weighted by atomic mass is 32.2. The number of quaternary nitrogens is 2. The van der Waals surface area contributed by atoms with Gasteiger partial charge in [0.25, 0.3) is 10.1 Å². The van der Waals surface area contributed by atoms with Crippen LogP contribution in [0.4, 0.5) is 11.4 Å². The standard InChI is InChI=1S/C52H70N5O5S/c1-51(2)43-19-12-13-20-45(43)54(33-15-35-56(6,7)8)47(51)30-24-39-17-14-18-40(50(39)62-41-26-21-38(22-27-41)23-32-49(58)53-5)25-31-48-52(3,4)44-37-42(63(59,60)61)28-29-46(44)55(48)34-16-36-57(9,10)11/h12-13,19-22,24-31,37H,14-18,23,32-36H2,1-11H3/q+1/p+2. The van der Waals surface area contributed by atoms with Crippen molar-refractivity contribution in [3.63, 3.8) is 0 Å². The molecule has 0 unspecified atom stereocenters. The first-order valence-electron chi connectivity index (χ1n) is 22.5. The Kier molecular flexibility index (Phi) is 14.2. The van der Waals surface area contributed by atoms with Crippen molar-refractivity contribution >= 4 is 33.1 Å². The van der Waals surface area contributed by atoms with E-state index in [2.05, 4.69) is 133 Å². The number of hydrogen-bond acceptors (Lipinski definition) is 5. The van der Waals surface area contributed by atoms with Crippen LogP contribution >= 0.6 is 0 Å². The van der Waals surface area contributed by atoms with Gasteiger partial charge in [-0.2, -0.15) is 13.0 Å². The quantitative estimate of drug-likeness (QED) is 0.0800. The fraction of sp³-hybridized carbons (Fsp3) is 0.462. The van der Waals surface area contributed by atoms with Crippen molar-refractivity contribution < 1.29 is 36.0 Å². The molecule has 3 aliphatic rings. The summed E-state index contributed by atoms with van der Waals surface area (Å²) >= 11 is 0. The van der Waals surface area contributed by atoms with Crippen LogP contribution in [0.15, 0.2) is 119 Å². The van der Waals surface area contributed by atoms with Crippen molar-refractivity contribution in [1.82, 2.24) is 5.32 Å². The molecule has 3 aromatic rings. The van der Waals surface area contributed by atoms with Gasteiger partial charge in [-0.25, -0.2) is 0 Å². The zero-order valence-electron chi connectivity index (χ0n) is 39.7. The van der Waals surface area contributed by atoms with Gasteiger partial charge in [0.2, 0.25) is 11.6 Å². The van der Waals surface area contributed by atoms with E-state index >= 15 is 0 Å². The molecule has 10 nitrogen and oxygen atoms in total. The number of hydrogen-bond donors (Lipinski definition) is 2. The Morgan fingerprint density at radius 2 is 1.54 bits per heavy atom. The number of amides is 1. The number of allylic oxidation sites excluding steroid dienone is 7. The summed E-state index contributed by atoms with van der Waals surface area (Å²) in [7, 11) is 10.6. The summed E-state index contributed by atoms with van der Waals surface area (Å²) in [6.07, 6.45) is 14.7. The summed E-state index contributed by atoms with van der Waals surface area (Å²) in [5.74, 6) is 1.59. The highest BCUT2D eigenvalue weighted by Crippen LogP contribution is 2.49. The molecule has 6 rings (SSSR count). The fourth-order valence-electron chi connectivity index (χ4n) is 9.28. The second kappa shape index (κ2) is 18.7. The number of nitrogens with one attached hydrogen (secondary N) is 1. The Morgan fingerprint density at radius 3 is 2.21 bits per heavy atom. The van der Waals surface area contributed by atoms with E-state index < -0.39 is 15.5 Å². The molecule has 0 radical (unpaired) electrons. The van der Waals surface area contributed by atoms with Crippen molar-refractivity contribution in [2.75, 3.05) is 80.4 Å². The summed E-state index contributed by atoms with van der Waals surface area (Å²) in [4.78, 5) is 14.2. The maximum Gasteiger partial charge on any atom is 0.294 e. The van der Waals surface area contributed by atoms with Gasteiger partial charge < -0.3 is 23.9 Å². The third-order valence-corrected chi connectivity index (χ3v) is 13.7. The van der Waals surface area contributed by atoms with Crippen LogP contribution < -0.4 is 15.0 Å². The van der Waals surface area contributed by atoms with E-state index in [9.17, 15) is 17.8 Å². The lowest BCUT2D eigenvalue weighted by Crippen LogP contribution is -2.37. The minimum Gasteiger partial charge on any atom is -0.457 e. The average molecular weight is 879 g/mol. The molecule has 0 bridgehead atoms. The topological polar surface area (TPSA) is 99.0 Å². The largest absolute Gasteiger partial charge is 0.457 e. The second-order valence-corrected chi connectivity index (χ2v) is 22.0. The molecule has 0 saturated heterocycles. The lowest BCUT2D eigenvalue weighted by atomic mass is 9.81. The Balaban J connectivity index is 1.45. The van der Waals surface area contributed by atoms with Crippen LogP contribution in [-0.2, 0) is 32.2 Å². The molecule has 11 heteroatoms. The highest BCUT2D eigenvalue weighted by molar-refractivity contribution is 7.85. The molecular formula is C52H72N5O5S+3. The number of rotatable bonds is 17. The average Bonchev–Trinajstić information content (AvgIpc) is 3.55. The number of carbonyl (C=O) groups excluding carboxylic acids is 1. The second-order valence-electron chi connectivity index (χ2n) is 20.5. The van der Waals surface area contributed by atoms with Gasteiger partial charge >= 0.3 is 0 Å². The van der Waals surface area contributed by atoms with E-state index in [0.29, 0.717) is 12.8 Å². The Bertz CT molecular complexity index is 2460. The lowest BCUT2D eigenvalue weighted by molar-refractivity contribution is -0.871. The van der Waals surface area contributed by atoms with E-state index in [-0.39, 0.29) is 16.2 Å². The van der Waals surface area contributed by atoms with Crippen LogP contribution in [0, 0.1) is 0 Å². The molecule has 2 heterocycles. The molecule has 2 N–H and O–H groups in total. The Labute approximate surface area is 377 Å². The van der Waals surface area contributed by atoms with E-state index in [1.807, 2.05) is 30.3 Å². The highest BCUT2D eigenvalue weighted by Gasteiger charge is 2.44. The number of carbonyl (C=O) groups is 1. The summed E-state index contributed by atoms with van der Waals surface area (Å²) in [6.45, 7) is 12.6. The third kappa shape index (κ3) is 11.3. The van der Waals surface area contributed by atoms with Crippen LogP contribution in [0.25, 0.3) is 0 Å². The number of anilines is 1. The summed E-state index contributed by atoms with van der Waals surface area (Å²) in [6, 6.07) is 21.9. The predicted molar refractivity (Wildman–Crippen MR) is 257 cm³/mol. The van der Waals surface area contributed by atoms with Gasteiger partial charge in [-0.15, -0.1) is 0 Å². The van der Waals surface area contributed by atoms with Crippen molar-refractivity contribution in [3.05, 3.63) is 130 Å². The monoisotopic (exact) mass is 879 g/mol. The minimum atomic E-state index is -4.38. The molecule has 0 fully saturated rings. The molecule has 0 saturated carbocycles. The van der Waals surface area contributed by atoms with E-state index in [1.165, 1.54) is 23.0 Å². The Morgan fingerprint density at radius 1 is 0.857 bits per heavy atom. The lowest BCUT2D eigenvalue weighted by Gasteiger charge is -2.29. The van der Waals surface area contributed by atoms with Gasteiger partial charge in [-0.3, -0.25) is 9.35 Å². The van der Waals surface area contributed by atoms with Crippen molar-refractivity contribution in [3.8, 4) is 5.75 Å². The number of para-hydroxylation sites is 1. The summed E-state index contributed by atoms with van der Waals surface area (Å²) < 4.78 is 45.9. The molecule has 63 heavy (non-hydrogen) atoms. The van der Waals surface area contributed by atoms with E-state index in [4.69, 9.17) is 4.74 Å². The van der Waals surface area contributed by atoms with Crippen LogP contribution in [0.5, 0.6) is 5.75 Å². The minimum absolute atomic E-state index is 0.0145. The van der Waals surface area contributed by atoms with Crippen molar-refractivity contribution in [1.29, 1.82) is 0 Å². The molecule has 3 aromatic carbocycles. The van der Waals surface area contributed by atoms with Gasteiger partial charge in [0, 0.05) is 60.9 Å². The van der Waals surface area contributed by atoms with Crippen LogP contribution in [0.3, 0.4) is 0 Å². The Hall–Kier alpha value is -4.81. The molecule has 2 aliphatic heterocycles. The van der Waals surface area contributed by atoms with Crippen LogP contribution in [-0.4, -0.2) is 114 Å². The zero-order valence-corrected chi connectivity index (χ0v) is 40.5. The number of aryl methyl sites for hydroxylation is 1. The normalized spacial score (nSPS) is 18.8. The van der Waals surface area contributed by atoms with Gasteiger partial charge in [0.15, 0.2) is 12.3 Å². The number of fused-ring (bicyclic) bond motifs is 2. The summed E-state index contributed by atoms with van der Waals surface area (Å²) in [5.41, 5.74) is 9.32. The number of ether oxygens (including phenoxy) is 1.